The second-order valence-electron chi connectivity index (χ2n) is 4.54. The zero-order valence-electron chi connectivity index (χ0n) is 12.4. The van der Waals surface area contributed by atoms with E-state index in [-0.39, 0.29) is 18.4 Å². The first kappa shape index (κ1) is 18.4. The summed E-state index contributed by atoms with van der Waals surface area (Å²) in [6.45, 7) is 5.25. The lowest BCUT2D eigenvalue weighted by Gasteiger charge is -2.20. The Labute approximate surface area is 120 Å². The van der Waals surface area contributed by atoms with Crippen molar-refractivity contribution in [3.63, 3.8) is 0 Å². The van der Waals surface area contributed by atoms with Crippen LogP contribution in [0.2, 0.25) is 0 Å². The lowest BCUT2D eigenvalue weighted by molar-refractivity contribution is -0.131. The molecule has 0 aromatic carbocycles. The fraction of sp³-hybridized carbons (Fsp3) is 0.769. The van der Waals surface area contributed by atoms with Gasteiger partial charge in [0.15, 0.2) is 0 Å². The van der Waals surface area contributed by atoms with Gasteiger partial charge in [0.05, 0.1) is 6.54 Å². The van der Waals surface area contributed by atoms with Crippen molar-refractivity contribution in [1.29, 1.82) is 0 Å². The van der Waals surface area contributed by atoms with E-state index in [2.05, 4.69) is 10.6 Å². The van der Waals surface area contributed by atoms with Crippen molar-refractivity contribution in [1.82, 2.24) is 15.5 Å². The van der Waals surface area contributed by atoms with Gasteiger partial charge in [0.2, 0.25) is 18.2 Å². The molecule has 0 aliphatic rings. The molecule has 116 valence electrons. The molecule has 0 rings (SSSR count). The highest BCUT2D eigenvalue weighted by atomic mass is 16.2. The summed E-state index contributed by atoms with van der Waals surface area (Å²) in [4.78, 5) is 35.7. The third kappa shape index (κ3) is 7.73. The number of hydrogen-bond acceptors (Lipinski definition) is 4. The molecule has 1 atom stereocenters. The van der Waals surface area contributed by atoms with Crippen LogP contribution in [0.1, 0.15) is 33.1 Å². The van der Waals surface area contributed by atoms with E-state index in [4.69, 9.17) is 5.73 Å². The molecule has 0 radical (unpaired) electrons. The Morgan fingerprint density at radius 1 is 1.35 bits per heavy atom. The minimum absolute atomic E-state index is 0.0239. The quantitative estimate of drug-likeness (QED) is 0.342. The zero-order valence-corrected chi connectivity index (χ0v) is 12.4. The number of rotatable bonds is 11. The summed E-state index contributed by atoms with van der Waals surface area (Å²) in [5.41, 5.74) is 5.34. The van der Waals surface area contributed by atoms with Crippen LogP contribution in [0.4, 0.5) is 0 Å². The normalized spacial score (nSPS) is 11.6. The summed E-state index contributed by atoms with van der Waals surface area (Å²) >= 11 is 0. The summed E-state index contributed by atoms with van der Waals surface area (Å²) in [6.07, 6.45) is 2.62. The number of hydrogen-bond donors (Lipinski definition) is 3. The van der Waals surface area contributed by atoms with Crippen molar-refractivity contribution < 1.29 is 14.4 Å². The summed E-state index contributed by atoms with van der Waals surface area (Å²) < 4.78 is 0. The standard InChI is InChI=1S/C13H26N4O3/c1-3-8-17(10-18)9-12(19)16-11(4-2)13(20)15-7-5-6-14/h10-11H,3-9,14H2,1-2H3,(H,15,20)(H,16,19)/t11-/m0/s1. The van der Waals surface area contributed by atoms with Gasteiger partial charge in [0, 0.05) is 13.1 Å². The SMILES string of the molecule is CCCN(C=O)CC(=O)N[C@@H](CC)C(=O)NCCCN. The van der Waals surface area contributed by atoms with Crippen LogP contribution >= 0.6 is 0 Å². The second-order valence-corrected chi connectivity index (χ2v) is 4.54. The minimum atomic E-state index is -0.574. The first-order valence-corrected chi connectivity index (χ1v) is 7.05. The average molecular weight is 286 g/mol. The monoisotopic (exact) mass is 286 g/mol. The molecule has 0 unspecified atom stereocenters. The molecule has 20 heavy (non-hydrogen) atoms. The molecule has 0 heterocycles. The largest absolute Gasteiger partial charge is 0.354 e. The Balaban J connectivity index is 4.22. The molecule has 3 amide bonds. The topological polar surface area (TPSA) is 105 Å². The number of nitrogens with one attached hydrogen (secondary N) is 2. The van der Waals surface area contributed by atoms with Crippen molar-refractivity contribution in [2.45, 2.75) is 39.2 Å². The fourth-order valence-corrected chi connectivity index (χ4v) is 1.67. The van der Waals surface area contributed by atoms with Gasteiger partial charge in [-0.3, -0.25) is 14.4 Å². The molecule has 0 bridgehead atoms. The van der Waals surface area contributed by atoms with Crippen molar-refractivity contribution in [2.75, 3.05) is 26.2 Å². The van der Waals surface area contributed by atoms with Crippen LogP contribution < -0.4 is 16.4 Å². The first-order chi connectivity index (χ1) is 9.58. The van der Waals surface area contributed by atoms with Gasteiger partial charge in [0.25, 0.3) is 0 Å². The molecule has 0 spiro atoms. The van der Waals surface area contributed by atoms with Gasteiger partial charge < -0.3 is 21.3 Å². The number of nitrogens with zero attached hydrogens (tertiary/aromatic N) is 1. The van der Waals surface area contributed by atoms with Crippen molar-refractivity contribution in [3.05, 3.63) is 0 Å². The molecule has 0 saturated carbocycles. The highest BCUT2D eigenvalue weighted by Gasteiger charge is 2.19. The van der Waals surface area contributed by atoms with Gasteiger partial charge in [-0.05, 0) is 25.8 Å². The van der Waals surface area contributed by atoms with Crippen LogP contribution in [0.5, 0.6) is 0 Å². The molecule has 0 aromatic heterocycles. The maximum atomic E-state index is 11.8. The molecule has 0 saturated heterocycles. The molecule has 0 aromatic rings. The van der Waals surface area contributed by atoms with Crippen LogP contribution in [-0.2, 0) is 14.4 Å². The Morgan fingerprint density at radius 2 is 2.05 bits per heavy atom. The maximum Gasteiger partial charge on any atom is 0.242 e. The van der Waals surface area contributed by atoms with Crippen molar-refractivity contribution in [3.8, 4) is 0 Å². The van der Waals surface area contributed by atoms with Gasteiger partial charge in [-0.1, -0.05) is 13.8 Å². The van der Waals surface area contributed by atoms with Gasteiger partial charge in [0.1, 0.15) is 6.04 Å². The summed E-state index contributed by atoms with van der Waals surface area (Å²) in [5.74, 6) is -0.547. The highest BCUT2D eigenvalue weighted by Crippen LogP contribution is 1.93. The summed E-state index contributed by atoms with van der Waals surface area (Å²) in [5, 5.41) is 5.35. The first-order valence-electron chi connectivity index (χ1n) is 7.05. The minimum Gasteiger partial charge on any atom is -0.354 e. The van der Waals surface area contributed by atoms with E-state index in [1.54, 1.807) is 0 Å². The predicted octanol–water partition coefficient (Wildman–Crippen LogP) is -0.785. The molecule has 4 N–H and O–H groups in total. The van der Waals surface area contributed by atoms with E-state index >= 15 is 0 Å². The molecule has 0 aliphatic heterocycles. The lowest BCUT2D eigenvalue weighted by Crippen LogP contribution is -2.49. The third-order valence-electron chi connectivity index (χ3n) is 2.75. The van der Waals surface area contributed by atoms with E-state index in [1.165, 1.54) is 4.90 Å². The molecule has 7 nitrogen and oxygen atoms in total. The summed E-state index contributed by atoms with van der Waals surface area (Å²) in [7, 11) is 0. The second kappa shape index (κ2) is 11.2. The predicted molar refractivity (Wildman–Crippen MR) is 76.8 cm³/mol. The van der Waals surface area contributed by atoms with Crippen LogP contribution in [0.15, 0.2) is 0 Å². The fourth-order valence-electron chi connectivity index (χ4n) is 1.67. The number of carbonyl (C=O) groups excluding carboxylic acids is 3. The Morgan fingerprint density at radius 3 is 2.55 bits per heavy atom. The lowest BCUT2D eigenvalue weighted by atomic mass is 10.2. The molecule has 0 fully saturated rings. The highest BCUT2D eigenvalue weighted by molar-refractivity contribution is 5.88. The summed E-state index contributed by atoms with van der Waals surface area (Å²) in [6, 6.07) is -0.574. The van der Waals surface area contributed by atoms with E-state index < -0.39 is 6.04 Å². The third-order valence-corrected chi connectivity index (χ3v) is 2.75. The van der Waals surface area contributed by atoms with Gasteiger partial charge in [-0.15, -0.1) is 0 Å². The van der Waals surface area contributed by atoms with Crippen molar-refractivity contribution in [2.24, 2.45) is 5.73 Å². The Bertz CT molecular complexity index is 310. The van der Waals surface area contributed by atoms with Crippen LogP contribution in [0, 0.1) is 0 Å². The Kier molecular flexibility index (Phi) is 10.3. The van der Waals surface area contributed by atoms with Gasteiger partial charge in [-0.2, -0.15) is 0 Å². The number of nitrogens with two attached hydrogens (primary N) is 1. The van der Waals surface area contributed by atoms with E-state index in [1.807, 2.05) is 13.8 Å². The van der Waals surface area contributed by atoms with Crippen LogP contribution in [-0.4, -0.2) is 55.3 Å². The molecular formula is C13H26N4O3. The number of amides is 3. The van der Waals surface area contributed by atoms with E-state index in [0.29, 0.717) is 38.9 Å². The number of carbonyl (C=O) groups is 3. The van der Waals surface area contributed by atoms with E-state index in [9.17, 15) is 14.4 Å². The van der Waals surface area contributed by atoms with Crippen LogP contribution in [0.3, 0.4) is 0 Å². The molecule has 7 heteroatoms. The van der Waals surface area contributed by atoms with Crippen LogP contribution in [0.25, 0.3) is 0 Å². The van der Waals surface area contributed by atoms with Crippen molar-refractivity contribution >= 4 is 18.2 Å². The maximum absolute atomic E-state index is 11.8. The smallest absolute Gasteiger partial charge is 0.242 e. The molecular weight excluding hydrogens is 260 g/mol. The molecule has 0 aliphatic carbocycles. The van der Waals surface area contributed by atoms with Gasteiger partial charge in [-0.25, -0.2) is 0 Å². The zero-order chi connectivity index (χ0) is 15.4. The van der Waals surface area contributed by atoms with E-state index in [0.717, 1.165) is 6.42 Å². The Hall–Kier alpha value is -1.63. The average Bonchev–Trinajstić information content (AvgIpc) is 2.44. The van der Waals surface area contributed by atoms with Gasteiger partial charge >= 0.3 is 0 Å².